The molecular weight excluding hydrogens is 342 g/mol. The summed E-state index contributed by atoms with van der Waals surface area (Å²) in [6, 6.07) is 1.10. The van der Waals surface area contributed by atoms with Crippen molar-refractivity contribution in [3.63, 3.8) is 0 Å². The van der Waals surface area contributed by atoms with E-state index in [1.54, 1.807) is 25.2 Å². The van der Waals surface area contributed by atoms with Crippen molar-refractivity contribution >= 4 is 29.2 Å². The summed E-state index contributed by atoms with van der Waals surface area (Å²) < 4.78 is 0. The second-order valence-electron chi connectivity index (χ2n) is 7.28. The molecular formula is C17H25N3O4S. The molecule has 2 rings (SSSR count). The minimum absolute atomic E-state index is 0.288. The molecule has 1 saturated heterocycles. The number of aryl methyl sites for hydroxylation is 2. The zero-order chi connectivity index (χ0) is 19.2. The molecule has 0 bridgehead atoms. The number of urea groups is 1. The maximum atomic E-state index is 12.5. The molecule has 3 N–H and O–H groups in total. The van der Waals surface area contributed by atoms with Crippen molar-refractivity contribution < 1.29 is 19.5 Å². The first-order valence-electron chi connectivity index (χ1n) is 8.09. The van der Waals surface area contributed by atoms with Crippen molar-refractivity contribution in [3.8, 4) is 0 Å². The Morgan fingerprint density at radius 1 is 1.44 bits per heavy atom. The summed E-state index contributed by atoms with van der Waals surface area (Å²) in [4.78, 5) is 39.8. The van der Waals surface area contributed by atoms with Gasteiger partial charge in [0.2, 0.25) is 0 Å². The number of imide groups is 1. The van der Waals surface area contributed by atoms with Crippen molar-refractivity contribution in [2.75, 3.05) is 6.54 Å². The first-order chi connectivity index (χ1) is 11.3. The molecule has 8 heteroatoms. The van der Waals surface area contributed by atoms with Gasteiger partial charge in [-0.25, -0.2) is 4.79 Å². The minimum atomic E-state index is -1.89. The summed E-state index contributed by atoms with van der Waals surface area (Å²) in [5.74, 6) is -1.10. The highest BCUT2D eigenvalue weighted by Crippen LogP contribution is 2.27. The number of carbonyl (C=O) groups excluding carboxylic acids is 3. The molecule has 1 aliphatic heterocycles. The zero-order valence-corrected chi connectivity index (χ0v) is 16.2. The van der Waals surface area contributed by atoms with E-state index >= 15 is 0 Å². The summed E-state index contributed by atoms with van der Waals surface area (Å²) in [6.07, 6.45) is 0. The Morgan fingerprint density at radius 2 is 2.04 bits per heavy atom. The van der Waals surface area contributed by atoms with Crippen LogP contribution in [-0.4, -0.2) is 45.5 Å². The fourth-order valence-electron chi connectivity index (χ4n) is 2.85. The molecule has 0 aliphatic carbocycles. The third-order valence-electron chi connectivity index (χ3n) is 4.29. The Hall–Kier alpha value is -1.93. The van der Waals surface area contributed by atoms with Gasteiger partial charge in [-0.2, -0.15) is 0 Å². The van der Waals surface area contributed by atoms with Crippen molar-refractivity contribution in [3.05, 3.63) is 21.4 Å². The number of β-amino-alcohol motifs (C(OH)–C–C–N with tert-alkyl or cyclic N) is 1. The standard InChI is InChI=1S/C17H25N3O4S/c1-9-7-12(11(3)25-9)10(2)18-13(21)17(6,24)8-20-14(22)16(4,5)19-15(20)23/h7,10,24H,8H2,1-6H3,(H,18,21)(H,19,23)/t10-,17+/m1/s1. The molecule has 1 aromatic rings. The smallest absolute Gasteiger partial charge is 0.325 e. The van der Waals surface area contributed by atoms with Crippen LogP contribution in [0.1, 0.15) is 49.1 Å². The highest BCUT2D eigenvalue weighted by Gasteiger charge is 2.48. The maximum Gasteiger partial charge on any atom is 0.325 e. The topological polar surface area (TPSA) is 98.7 Å². The normalized spacial score (nSPS) is 20.2. The van der Waals surface area contributed by atoms with E-state index in [-0.39, 0.29) is 6.04 Å². The fourth-order valence-corrected chi connectivity index (χ4v) is 3.87. The van der Waals surface area contributed by atoms with Crippen LogP contribution in [0.2, 0.25) is 0 Å². The predicted molar refractivity (Wildman–Crippen MR) is 95.3 cm³/mol. The van der Waals surface area contributed by atoms with E-state index in [1.165, 1.54) is 6.92 Å². The number of thiophene rings is 1. The van der Waals surface area contributed by atoms with E-state index < -0.39 is 35.5 Å². The van der Waals surface area contributed by atoms with Crippen LogP contribution in [0, 0.1) is 13.8 Å². The molecule has 138 valence electrons. The maximum absolute atomic E-state index is 12.5. The predicted octanol–water partition coefficient (Wildman–Crippen LogP) is 1.62. The number of nitrogens with zero attached hydrogens (tertiary/aromatic N) is 1. The van der Waals surface area contributed by atoms with Gasteiger partial charge in [0.1, 0.15) is 5.54 Å². The summed E-state index contributed by atoms with van der Waals surface area (Å²) in [7, 11) is 0. The number of amides is 4. The Kier molecular flexibility index (Phi) is 4.98. The molecule has 4 amide bonds. The van der Waals surface area contributed by atoms with Gasteiger partial charge in [-0.05, 0) is 53.2 Å². The van der Waals surface area contributed by atoms with Gasteiger partial charge in [0.15, 0.2) is 5.60 Å². The molecule has 1 aliphatic rings. The van der Waals surface area contributed by atoms with Crippen molar-refractivity contribution in [1.29, 1.82) is 0 Å². The summed E-state index contributed by atoms with van der Waals surface area (Å²) in [6.45, 7) is 9.85. The van der Waals surface area contributed by atoms with Gasteiger partial charge >= 0.3 is 6.03 Å². The molecule has 2 heterocycles. The van der Waals surface area contributed by atoms with E-state index in [9.17, 15) is 19.5 Å². The lowest BCUT2D eigenvalue weighted by atomic mass is 10.0. The molecule has 2 atom stereocenters. The number of nitrogens with one attached hydrogen (secondary N) is 2. The van der Waals surface area contributed by atoms with E-state index in [1.807, 2.05) is 26.8 Å². The van der Waals surface area contributed by atoms with Gasteiger partial charge in [-0.1, -0.05) is 0 Å². The van der Waals surface area contributed by atoms with Gasteiger partial charge < -0.3 is 15.7 Å². The number of aliphatic hydroxyl groups is 1. The lowest BCUT2D eigenvalue weighted by Gasteiger charge is -2.28. The third-order valence-corrected chi connectivity index (χ3v) is 5.27. The molecule has 0 aromatic carbocycles. The molecule has 0 spiro atoms. The Balaban J connectivity index is 2.09. The summed E-state index contributed by atoms with van der Waals surface area (Å²) in [5, 5.41) is 15.8. The molecule has 7 nitrogen and oxygen atoms in total. The first-order valence-corrected chi connectivity index (χ1v) is 8.91. The van der Waals surface area contributed by atoms with E-state index in [4.69, 9.17) is 0 Å². The van der Waals surface area contributed by atoms with Crippen LogP contribution >= 0.6 is 11.3 Å². The second-order valence-corrected chi connectivity index (χ2v) is 8.74. The number of hydrogen-bond donors (Lipinski definition) is 3. The van der Waals surface area contributed by atoms with Crippen LogP contribution in [0.4, 0.5) is 4.79 Å². The molecule has 1 aromatic heterocycles. The third kappa shape index (κ3) is 3.85. The fraction of sp³-hybridized carbons (Fsp3) is 0.588. The van der Waals surface area contributed by atoms with E-state index in [2.05, 4.69) is 10.6 Å². The highest BCUT2D eigenvalue weighted by atomic mass is 32.1. The van der Waals surface area contributed by atoms with Crippen LogP contribution in [0.15, 0.2) is 6.07 Å². The monoisotopic (exact) mass is 367 g/mol. The first kappa shape index (κ1) is 19.4. The lowest BCUT2D eigenvalue weighted by Crippen LogP contribution is -2.54. The Bertz CT molecular complexity index is 723. The molecule has 0 saturated carbocycles. The van der Waals surface area contributed by atoms with Gasteiger partial charge in [0.25, 0.3) is 11.8 Å². The van der Waals surface area contributed by atoms with Crippen molar-refractivity contribution in [2.45, 2.75) is 58.7 Å². The van der Waals surface area contributed by atoms with Gasteiger partial charge in [-0.3, -0.25) is 14.5 Å². The van der Waals surface area contributed by atoms with E-state index in [0.29, 0.717) is 0 Å². The van der Waals surface area contributed by atoms with Crippen LogP contribution in [0.25, 0.3) is 0 Å². The molecule has 0 unspecified atom stereocenters. The Labute approximate surface area is 151 Å². The SMILES string of the molecule is Cc1cc([C@@H](C)NC(=O)[C@@](C)(O)CN2C(=O)NC(C)(C)C2=O)c(C)s1. The average Bonchev–Trinajstić information content (AvgIpc) is 2.90. The van der Waals surface area contributed by atoms with Crippen LogP contribution < -0.4 is 10.6 Å². The van der Waals surface area contributed by atoms with Crippen LogP contribution in [0.3, 0.4) is 0 Å². The van der Waals surface area contributed by atoms with Gasteiger partial charge in [0.05, 0.1) is 12.6 Å². The molecule has 0 radical (unpaired) electrons. The summed E-state index contributed by atoms with van der Waals surface area (Å²) in [5.41, 5.74) is -1.94. The van der Waals surface area contributed by atoms with Crippen LogP contribution in [0.5, 0.6) is 0 Å². The highest BCUT2D eigenvalue weighted by molar-refractivity contribution is 7.12. The van der Waals surface area contributed by atoms with Crippen molar-refractivity contribution in [1.82, 2.24) is 15.5 Å². The van der Waals surface area contributed by atoms with Gasteiger partial charge in [0, 0.05) is 9.75 Å². The molecule has 1 fully saturated rings. The largest absolute Gasteiger partial charge is 0.378 e. The minimum Gasteiger partial charge on any atom is -0.378 e. The van der Waals surface area contributed by atoms with E-state index in [0.717, 1.165) is 20.2 Å². The Morgan fingerprint density at radius 3 is 2.48 bits per heavy atom. The number of carbonyl (C=O) groups is 3. The molecule has 25 heavy (non-hydrogen) atoms. The zero-order valence-electron chi connectivity index (χ0n) is 15.4. The second kappa shape index (κ2) is 6.42. The number of rotatable bonds is 5. The van der Waals surface area contributed by atoms with Crippen LogP contribution in [-0.2, 0) is 9.59 Å². The average molecular weight is 367 g/mol. The van der Waals surface area contributed by atoms with Gasteiger partial charge in [-0.15, -0.1) is 11.3 Å². The van der Waals surface area contributed by atoms with Crippen molar-refractivity contribution in [2.24, 2.45) is 0 Å². The quantitative estimate of drug-likeness (QED) is 0.689. The number of hydrogen-bond acceptors (Lipinski definition) is 5. The summed E-state index contributed by atoms with van der Waals surface area (Å²) >= 11 is 1.64. The lowest BCUT2D eigenvalue weighted by molar-refractivity contribution is -0.143.